The minimum atomic E-state index is -4.42. The van der Waals surface area contributed by atoms with Crippen molar-refractivity contribution < 1.29 is 17.9 Å². The zero-order valence-electron chi connectivity index (χ0n) is 6.95. The van der Waals surface area contributed by atoms with Gasteiger partial charge < -0.3 is 4.74 Å². The molecule has 1 nitrogen and oxygen atoms in total. The van der Waals surface area contributed by atoms with Gasteiger partial charge in [-0.1, -0.05) is 27.5 Å². The van der Waals surface area contributed by atoms with Crippen LogP contribution in [0.4, 0.5) is 13.2 Å². The van der Waals surface area contributed by atoms with Crippen molar-refractivity contribution in [3.8, 4) is 5.75 Å². The molecule has 0 aliphatic heterocycles. The Morgan fingerprint density at radius 1 is 1.36 bits per heavy atom. The number of benzene rings is 1. The Kier molecular flexibility index (Phi) is 3.32. The Bertz CT molecular complexity index is 351. The lowest BCUT2D eigenvalue weighted by Crippen LogP contribution is -2.06. The Hall–Kier alpha value is -0.420. The maximum Gasteiger partial charge on any atom is 0.417 e. The van der Waals surface area contributed by atoms with Crippen LogP contribution in [-0.2, 0) is 6.18 Å². The van der Waals surface area contributed by atoms with Crippen molar-refractivity contribution in [3.63, 3.8) is 0 Å². The van der Waals surface area contributed by atoms with Gasteiger partial charge in [-0.2, -0.15) is 13.2 Å². The van der Waals surface area contributed by atoms with Crippen molar-refractivity contribution in [3.05, 3.63) is 27.2 Å². The summed E-state index contributed by atoms with van der Waals surface area (Å²) in [6.45, 7) is 0. The smallest absolute Gasteiger partial charge is 0.417 e. The quantitative estimate of drug-likeness (QED) is 0.755. The van der Waals surface area contributed by atoms with Gasteiger partial charge >= 0.3 is 6.18 Å². The molecule has 0 heterocycles. The van der Waals surface area contributed by atoms with Crippen LogP contribution in [0.2, 0.25) is 5.02 Å². The molecule has 0 unspecified atom stereocenters. The zero-order chi connectivity index (χ0) is 10.9. The molecule has 0 bridgehead atoms. The van der Waals surface area contributed by atoms with Crippen LogP contribution >= 0.6 is 27.5 Å². The van der Waals surface area contributed by atoms with E-state index in [1.54, 1.807) is 0 Å². The van der Waals surface area contributed by atoms with Crippen LogP contribution in [0.25, 0.3) is 0 Å². The molecule has 0 radical (unpaired) electrons. The van der Waals surface area contributed by atoms with E-state index in [1.807, 2.05) is 0 Å². The first kappa shape index (κ1) is 11.7. The molecule has 1 rings (SSSR count). The van der Waals surface area contributed by atoms with Gasteiger partial charge in [0.2, 0.25) is 0 Å². The second-order valence-electron chi connectivity index (χ2n) is 2.46. The highest BCUT2D eigenvalue weighted by atomic mass is 79.9. The van der Waals surface area contributed by atoms with Gasteiger partial charge in [0.15, 0.2) is 0 Å². The summed E-state index contributed by atoms with van der Waals surface area (Å²) in [5.41, 5.74) is -0.816. The fraction of sp³-hybridized carbons (Fsp3) is 0.250. The van der Waals surface area contributed by atoms with Crippen LogP contribution < -0.4 is 4.74 Å². The van der Waals surface area contributed by atoms with E-state index in [0.717, 1.165) is 6.07 Å². The lowest BCUT2D eigenvalue weighted by molar-refractivity contribution is -0.138. The number of methoxy groups -OCH3 is 1. The SMILES string of the molecule is COc1cc(Br)c(C(F)(F)F)cc1Cl. The number of hydrogen-bond acceptors (Lipinski definition) is 1. The average molecular weight is 289 g/mol. The van der Waals surface area contributed by atoms with E-state index in [1.165, 1.54) is 13.2 Å². The van der Waals surface area contributed by atoms with E-state index in [4.69, 9.17) is 16.3 Å². The molecule has 6 heteroatoms. The minimum absolute atomic E-state index is 0.0666. The summed E-state index contributed by atoms with van der Waals surface area (Å²) in [4.78, 5) is 0. The third kappa shape index (κ3) is 2.33. The summed E-state index contributed by atoms with van der Waals surface area (Å²) in [5, 5.41) is -0.0666. The maximum absolute atomic E-state index is 12.3. The molecular weight excluding hydrogens is 284 g/mol. The molecule has 0 spiro atoms. The normalized spacial score (nSPS) is 11.6. The van der Waals surface area contributed by atoms with E-state index in [-0.39, 0.29) is 15.2 Å². The van der Waals surface area contributed by atoms with Crippen LogP contribution in [0, 0.1) is 0 Å². The predicted octanol–water partition coefficient (Wildman–Crippen LogP) is 4.13. The summed E-state index contributed by atoms with van der Waals surface area (Å²) < 4.78 is 41.7. The summed E-state index contributed by atoms with van der Waals surface area (Å²) in [6.07, 6.45) is -4.42. The van der Waals surface area contributed by atoms with Crippen molar-refractivity contribution >= 4 is 27.5 Å². The van der Waals surface area contributed by atoms with Crippen molar-refractivity contribution in [2.75, 3.05) is 7.11 Å². The van der Waals surface area contributed by atoms with E-state index in [9.17, 15) is 13.2 Å². The number of ether oxygens (including phenoxy) is 1. The monoisotopic (exact) mass is 288 g/mol. The largest absolute Gasteiger partial charge is 0.495 e. The molecule has 0 aliphatic rings. The third-order valence-corrected chi connectivity index (χ3v) is 2.50. The highest BCUT2D eigenvalue weighted by Gasteiger charge is 2.33. The topological polar surface area (TPSA) is 9.23 Å². The first-order valence-electron chi connectivity index (χ1n) is 3.46. The van der Waals surface area contributed by atoms with Gasteiger partial charge in [-0.05, 0) is 12.1 Å². The summed E-state index contributed by atoms with van der Waals surface area (Å²) in [5.74, 6) is 0.201. The van der Waals surface area contributed by atoms with Crippen LogP contribution in [0.3, 0.4) is 0 Å². The van der Waals surface area contributed by atoms with Crippen LogP contribution in [0.15, 0.2) is 16.6 Å². The molecule has 0 fully saturated rings. The van der Waals surface area contributed by atoms with Gasteiger partial charge in [-0.3, -0.25) is 0 Å². The molecule has 1 aromatic carbocycles. The molecule has 0 aliphatic carbocycles. The molecule has 78 valence electrons. The number of hydrogen-bond donors (Lipinski definition) is 0. The third-order valence-electron chi connectivity index (χ3n) is 1.55. The molecule has 14 heavy (non-hydrogen) atoms. The second kappa shape index (κ2) is 3.98. The van der Waals surface area contributed by atoms with Crippen molar-refractivity contribution in [2.45, 2.75) is 6.18 Å². The van der Waals surface area contributed by atoms with Crippen molar-refractivity contribution in [1.29, 1.82) is 0 Å². The lowest BCUT2D eigenvalue weighted by atomic mass is 10.2. The van der Waals surface area contributed by atoms with Crippen LogP contribution in [0.5, 0.6) is 5.75 Å². The van der Waals surface area contributed by atoms with E-state index < -0.39 is 11.7 Å². The Morgan fingerprint density at radius 2 is 1.93 bits per heavy atom. The first-order valence-corrected chi connectivity index (χ1v) is 4.63. The van der Waals surface area contributed by atoms with Gasteiger partial charge in [0.1, 0.15) is 5.75 Å². The molecular formula is C8H5BrClF3O. The second-order valence-corrected chi connectivity index (χ2v) is 3.73. The van der Waals surface area contributed by atoms with Gasteiger partial charge in [0.25, 0.3) is 0 Å². The average Bonchev–Trinajstić information content (AvgIpc) is 2.06. The summed E-state index contributed by atoms with van der Waals surface area (Å²) in [7, 11) is 1.33. The van der Waals surface area contributed by atoms with Crippen LogP contribution in [0.1, 0.15) is 5.56 Å². The molecule has 0 N–H and O–H groups in total. The Morgan fingerprint density at radius 3 is 2.36 bits per heavy atom. The van der Waals surface area contributed by atoms with E-state index in [2.05, 4.69) is 15.9 Å². The fourth-order valence-electron chi connectivity index (χ4n) is 0.902. The minimum Gasteiger partial charge on any atom is -0.495 e. The zero-order valence-corrected chi connectivity index (χ0v) is 9.29. The molecule has 0 saturated heterocycles. The highest BCUT2D eigenvalue weighted by Crippen LogP contribution is 2.39. The summed E-state index contributed by atoms with van der Waals surface area (Å²) >= 11 is 8.36. The number of rotatable bonds is 1. The molecule has 0 amide bonds. The van der Waals surface area contributed by atoms with Crippen molar-refractivity contribution in [1.82, 2.24) is 0 Å². The Balaban J connectivity index is 3.29. The van der Waals surface area contributed by atoms with E-state index >= 15 is 0 Å². The Labute approximate surface area is 91.9 Å². The highest BCUT2D eigenvalue weighted by molar-refractivity contribution is 9.10. The predicted molar refractivity (Wildman–Crippen MR) is 50.7 cm³/mol. The lowest BCUT2D eigenvalue weighted by Gasteiger charge is -2.11. The molecule has 0 aromatic heterocycles. The number of alkyl halides is 3. The van der Waals surface area contributed by atoms with Gasteiger partial charge in [-0.25, -0.2) is 0 Å². The van der Waals surface area contributed by atoms with Gasteiger partial charge in [0.05, 0.1) is 17.7 Å². The molecule has 1 aromatic rings. The number of halogens is 5. The van der Waals surface area contributed by atoms with Crippen LogP contribution in [-0.4, -0.2) is 7.11 Å². The molecule has 0 atom stereocenters. The first-order chi connectivity index (χ1) is 6.36. The van der Waals surface area contributed by atoms with Crippen molar-refractivity contribution in [2.24, 2.45) is 0 Å². The maximum atomic E-state index is 12.3. The van der Waals surface area contributed by atoms with Gasteiger partial charge in [-0.15, -0.1) is 0 Å². The van der Waals surface area contributed by atoms with Gasteiger partial charge in [0, 0.05) is 4.47 Å². The standard InChI is InChI=1S/C8H5BrClF3O/c1-14-7-3-5(9)4(2-6(7)10)8(11,12)13/h2-3H,1H3. The van der Waals surface area contributed by atoms with E-state index in [0.29, 0.717) is 0 Å². The molecule has 0 saturated carbocycles. The fourth-order valence-corrected chi connectivity index (χ4v) is 1.69. The summed E-state index contributed by atoms with van der Waals surface area (Å²) in [6, 6.07) is 2.01.